The molecule has 30 heavy (non-hydrogen) atoms. The topological polar surface area (TPSA) is 108 Å². The fourth-order valence-corrected chi connectivity index (χ4v) is 2.58. The van der Waals surface area contributed by atoms with E-state index in [0.29, 0.717) is 5.56 Å². The summed E-state index contributed by atoms with van der Waals surface area (Å²) in [5.41, 5.74) is -2.43. The van der Waals surface area contributed by atoms with E-state index in [2.05, 4.69) is 10.1 Å². The van der Waals surface area contributed by atoms with Crippen LogP contribution in [-0.4, -0.2) is 36.3 Å². The van der Waals surface area contributed by atoms with Gasteiger partial charge in [-0.2, -0.15) is 13.2 Å². The number of amidine groups is 1. The van der Waals surface area contributed by atoms with Crippen LogP contribution in [0.5, 0.6) is 0 Å². The van der Waals surface area contributed by atoms with Crippen LogP contribution in [0.1, 0.15) is 36.7 Å². The average Bonchev–Trinajstić information content (AvgIpc) is 2.61. The molecule has 0 aromatic heterocycles. The second-order valence-corrected chi connectivity index (χ2v) is 7.90. The van der Waals surface area contributed by atoms with Gasteiger partial charge in [-0.25, -0.2) is 4.79 Å². The Labute approximate surface area is 175 Å². The second kappa shape index (κ2) is 8.47. The number of carbonyl (C=O) groups is 3. The number of rotatable bonds is 6. The monoisotopic (exact) mass is 445 g/mol. The Balaban J connectivity index is 2.06. The number of nitrogens with one attached hydrogen (secondary N) is 3. The zero-order chi connectivity index (χ0) is 22.9. The van der Waals surface area contributed by atoms with E-state index >= 15 is 0 Å². The van der Waals surface area contributed by atoms with Gasteiger partial charge >= 0.3 is 12.1 Å². The highest BCUT2D eigenvalue weighted by Gasteiger charge is 2.47. The van der Waals surface area contributed by atoms with Crippen LogP contribution < -0.4 is 10.6 Å². The molecule has 0 fully saturated rings. The third kappa shape index (κ3) is 5.38. The summed E-state index contributed by atoms with van der Waals surface area (Å²) in [6, 6.07) is 4.41. The van der Waals surface area contributed by atoms with Crippen LogP contribution in [0, 0.1) is 10.8 Å². The number of hydrogen-bond acceptors (Lipinski definition) is 5. The number of ether oxygens (including phenoxy) is 1. The fraction of sp³-hybridized carbons (Fsp3) is 0.368. The molecular weight excluding hydrogens is 427 g/mol. The van der Waals surface area contributed by atoms with Gasteiger partial charge in [-0.1, -0.05) is 38.4 Å². The average molecular weight is 446 g/mol. The number of amides is 1. The fourth-order valence-electron chi connectivity index (χ4n) is 2.35. The molecule has 1 aromatic rings. The third-order valence-corrected chi connectivity index (χ3v) is 4.37. The van der Waals surface area contributed by atoms with E-state index in [0.717, 1.165) is 0 Å². The van der Waals surface area contributed by atoms with Crippen molar-refractivity contribution in [2.75, 3.05) is 6.61 Å². The number of alkyl halides is 3. The first-order valence-electron chi connectivity index (χ1n) is 8.66. The van der Waals surface area contributed by atoms with Gasteiger partial charge in [0.15, 0.2) is 6.61 Å². The van der Waals surface area contributed by atoms with Crippen LogP contribution in [0.25, 0.3) is 0 Å². The number of Topliss-reactive ketones (excluding diaryl/α,β-unsaturated/α-hetero) is 1. The molecule has 0 bridgehead atoms. The van der Waals surface area contributed by atoms with Gasteiger partial charge in [0.2, 0.25) is 11.7 Å². The van der Waals surface area contributed by atoms with E-state index in [4.69, 9.17) is 17.0 Å². The molecule has 1 heterocycles. The first-order valence-corrected chi connectivity index (χ1v) is 9.04. The van der Waals surface area contributed by atoms with Gasteiger partial charge in [0.1, 0.15) is 17.1 Å². The molecule has 3 N–H and O–H groups in total. The number of esters is 1. The zero-order valence-electron chi connectivity index (χ0n) is 16.3. The molecule has 1 aliphatic heterocycles. The van der Waals surface area contributed by atoms with E-state index in [1.165, 1.54) is 12.1 Å². The van der Waals surface area contributed by atoms with E-state index in [1.54, 1.807) is 32.2 Å². The number of benzene rings is 1. The van der Waals surface area contributed by atoms with Crippen molar-refractivity contribution in [3.05, 3.63) is 45.6 Å². The summed E-state index contributed by atoms with van der Waals surface area (Å²) >= 11 is 6.00. The lowest BCUT2D eigenvalue weighted by molar-refractivity contribution is -0.139. The Morgan fingerprint density at radius 1 is 1.20 bits per heavy atom. The van der Waals surface area contributed by atoms with Crippen LogP contribution in [-0.2, 0) is 20.9 Å². The molecule has 0 atom stereocenters. The maximum absolute atomic E-state index is 12.7. The van der Waals surface area contributed by atoms with Gasteiger partial charge in [-0.3, -0.25) is 15.0 Å². The highest BCUT2D eigenvalue weighted by Crippen LogP contribution is 2.32. The molecule has 7 nitrogen and oxygen atoms in total. The van der Waals surface area contributed by atoms with Crippen molar-refractivity contribution >= 4 is 35.1 Å². The first-order chi connectivity index (χ1) is 13.7. The van der Waals surface area contributed by atoms with Crippen molar-refractivity contribution in [3.63, 3.8) is 0 Å². The Morgan fingerprint density at radius 2 is 1.83 bits per heavy atom. The first kappa shape index (κ1) is 23.4. The van der Waals surface area contributed by atoms with Crippen LogP contribution in [0.3, 0.4) is 0 Å². The standard InChI is InChI=1S/C19H19ClF3N3O4/c1-18(2,3)17(29)25-7-9-4-5-11(20)10(6-9)12(27)8-30-16(28)13-14(19(21,22)23)26-15(13)24/h4-6H,7-8H2,1-3H3,(H2,24,26)(H,25,29). The van der Waals surface area contributed by atoms with Crippen LogP contribution in [0.15, 0.2) is 29.5 Å². The number of carbonyl (C=O) groups excluding carboxylic acids is 3. The van der Waals surface area contributed by atoms with Gasteiger partial charge in [0, 0.05) is 17.5 Å². The second-order valence-electron chi connectivity index (χ2n) is 7.49. The lowest BCUT2D eigenvalue weighted by atomic mass is 9.95. The van der Waals surface area contributed by atoms with Gasteiger partial charge in [0.25, 0.3) is 0 Å². The van der Waals surface area contributed by atoms with Gasteiger partial charge in [-0.15, -0.1) is 0 Å². The molecule has 11 heteroatoms. The van der Waals surface area contributed by atoms with Gasteiger partial charge in [-0.05, 0) is 17.7 Å². The molecule has 0 spiro atoms. The third-order valence-electron chi connectivity index (χ3n) is 4.04. The van der Waals surface area contributed by atoms with E-state index < -0.39 is 47.1 Å². The van der Waals surface area contributed by atoms with Crippen molar-refractivity contribution in [2.24, 2.45) is 5.41 Å². The molecule has 0 unspecified atom stereocenters. The molecule has 1 aromatic carbocycles. The molecule has 162 valence electrons. The zero-order valence-corrected chi connectivity index (χ0v) is 17.0. The van der Waals surface area contributed by atoms with Gasteiger partial charge in [0.05, 0.1) is 5.02 Å². The predicted molar refractivity (Wildman–Crippen MR) is 102 cm³/mol. The maximum Gasteiger partial charge on any atom is 0.432 e. The smallest absolute Gasteiger partial charge is 0.432 e. The number of ketones is 1. The Bertz CT molecular complexity index is 949. The summed E-state index contributed by atoms with van der Waals surface area (Å²) in [5, 5.41) is 11.7. The number of hydrogen-bond donors (Lipinski definition) is 3. The number of halogens is 4. The quantitative estimate of drug-likeness (QED) is 0.460. The lowest BCUT2D eigenvalue weighted by Crippen LogP contribution is -2.47. The van der Waals surface area contributed by atoms with Crippen molar-refractivity contribution in [1.82, 2.24) is 10.6 Å². The largest absolute Gasteiger partial charge is 0.454 e. The normalized spacial score (nSPS) is 14.0. The van der Waals surface area contributed by atoms with Crippen molar-refractivity contribution in [2.45, 2.75) is 33.5 Å². The molecule has 1 amide bonds. The Kier molecular flexibility index (Phi) is 6.60. The minimum atomic E-state index is -4.85. The molecule has 2 rings (SSSR count). The van der Waals surface area contributed by atoms with E-state index in [-0.39, 0.29) is 23.0 Å². The van der Waals surface area contributed by atoms with Crippen LogP contribution >= 0.6 is 11.6 Å². The predicted octanol–water partition coefficient (Wildman–Crippen LogP) is 3.13. The highest BCUT2D eigenvalue weighted by atomic mass is 35.5. The summed E-state index contributed by atoms with van der Waals surface area (Å²) < 4.78 is 42.8. The summed E-state index contributed by atoms with van der Waals surface area (Å²) in [7, 11) is 0. The molecular formula is C19H19ClF3N3O4. The minimum Gasteiger partial charge on any atom is -0.454 e. The summed E-state index contributed by atoms with van der Waals surface area (Å²) in [4.78, 5) is 36.2. The lowest BCUT2D eigenvalue weighted by Gasteiger charge is -2.26. The Hall–Kier alpha value is -2.88. The van der Waals surface area contributed by atoms with Crippen LogP contribution in [0.2, 0.25) is 5.02 Å². The number of allylic oxidation sites excluding steroid dienone is 1. The molecule has 0 aliphatic carbocycles. The highest BCUT2D eigenvalue weighted by molar-refractivity contribution is 6.34. The van der Waals surface area contributed by atoms with Crippen molar-refractivity contribution in [3.8, 4) is 0 Å². The minimum absolute atomic E-state index is 0.0150. The summed E-state index contributed by atoms with van der Waals surface area (Å²) in [5.74, 6) is -3.13. The van der Waals surface area contributed by atoms with Gasteiger partial charge < -0.3 is 15.4 Å². The van der Waals surface area contributed by atoms with Crippen molar-refractivity contribution < 1.29 is 32.3 Å². The summed E-state index contributed by atoms with van der Waals surface area (Å²) in [6.07, 6.45) is -4.85. The van der Waals surface area contributed by atoms with Crippen LogP contribution in [0.4, 0.5) is 13.2 Å². The maximum atomic E-state index is 12.7. The molecule has 1 aliphatic rings. The van der Waals surface area contributed by atoms with E-state index in [9.17, 15) is 27.6 Å². The molecule has 0 saturated carbocycles. The molecule has 0 radical (unpaired) electrons. The van der Waals surface area contributed by atoms with Crippen molar-refractivity contribution in [1.29, 1.82) is 5.41 Å². The van der Waals surface area contributed by atoms with E-state index in [1.807, 2.05) is 0 Å². The molecule has 0 saturated heterocycles. The SMILES string of the molecule is CC(C)(C)C(=O)NCc1ccc(Cl)c(C(=O)COC(=O)C2=C(C(F)(F)F)NC2=N)c1. The summed E-state index contributed by atoms with van der Waals surface area (Å²) in [6.45, 7) is 4.48. The Morgan fingerprint density at radius 3 is 2.37 bits per heavy atom.